The van der Waals surface area contributed by atoms with Crippen LogP contribution in [-0.4, -0.2) is 41.9 Å². The molecule has 0 unspecified atom stereocenters. The highest BCUT2D eigenvalue weighted by atomic mass is 16.5. The molecule has 0 aromatic heterocycles. The number of hydrogen-bond acceptors (Lipinski definition) is 3. The van der Waals surface area contributed by atoms with Gasteiger partial charge in [-0.3, -0.25) is 9.59 Å². The van der Waals surface area contributed by atoms with Gasteiger partial charge in [0.25, 0.3) is 0 Å². The van der Waals surface area contributed by atoms with Gasteiger partial charge < -0.3 is 15.0 Å². The van der Waals surface area contributed by atoms with Crippen molar-refractivity contribution in [3.05, 3.63) is 65.7 Å². The van der Waals surface area contributed by atoms with Gasteiger partial charge in [0.15, 0.2) is 0 Å². The highest BCUT2D eigenvalue weighted by Gasteiger charge is 2.25. The van der Waals surface area contributed by atoms with Crippen LogP contribution in [0.25, 0.3) is 0 Å². The number of ether oxygens (including phenoxy) is 1. The van der Waals surface area contributed by atoms with Gasteiger partial charge in [-0.25, -0.2) is 0 Å². The van der Waals surface area contributed by atoms with E-state index < -0.39 is 6.04 Å². The first-order chi connectivity index (χ1) is 14.4. The van der Waals surface area contributed by atoms with E-state index in [1.165, 1.54) is 5.56 Å². The molecule has 0 heterocycles. The quantitative estimate of drug-likeness (QED) is 0.567. The zero-order valence-electron chi connectivity index (χ0n) is 18.6. The molecular formula is C25H34N2O3. The molecule has 30 heavy (non-hydrogen) atoms. The molecule has 2 aromatic rings. The van der Waals surface area contributed by atoms with Gasteiger partial charge in [-0.15, -0.1) is 0 Å². The average molecular weight is 411 g/mol. The molecule has 0 bridgehead atoms. The molecule has 5 heteroatoms. The van der Waals surface area contributed by atoms with Crippen molar-refractivity contribution in [2.45, 2.75) is 59.0 Å². The molecule has 0 saturated carbocycles. The fourth-order valence-electron chi connectivity index (χ4n) is 3.17. The number of carbonyl (C=O) groups is 2. The van der Waals surface area contributed by atoms with Crippen molar-refractivity contribution in [3.63, 3.8) is 0 Å². The summed E-state index contributed by atoms with van der Waals surface area (Å²) in [5.74, 6) is 0.658. The maximum Gasteiger partial charge on any atom is 0.242 e. The van der Waals surface area contributed by atoms with Crippen LogP contribution < -0.4 is 10.1 Å². The SMILES string of the molecule is Cc1ccc(OCCCC(=O)N(CCc2ccccc2)[C@H](C)C(=O)NC(C)C)cc1. The Labute approximate surface area is 180 Å². The molecule has 0 spiro atoms. The molecule has 1 N–H and O–H groups in total. The number of aryl methyl sites for hydroxylation is 1. The highest BCUT2D eigenvalue weighted by molar-refractivity contribution is 5.87. The number of hydrogen-bond donors (Lipinski definition) is 1. The van der Waals surface area contributed by atoms with E-state index in [9.17, 15) is 9.59 Å². The van der Waals surface area contributed by atoms with Crippen LogP contribution in [0.15, 0.2) is 54.6 Å². The molecule has 0 radical (unpaired) electrons. The predicted molar refractivity (Wildman–Crippen MR) is 121 cm³/mol. The third-order valence-electron chi connectivity index (χ3n) is 4.91. The van der Waals surface area contributed by atoms with Crippen molar-refractivity contribution < 1.29 is 14.3 Å². The zero-order chi connectivity index (χ0) is 21.9. The number of carbonyl (C=O) groups excluding carboxylic acids is 2. The molecule has 0 aliphatic carbocycles. The fraction of sp³-hybridized carbons (Fsp3) is 0.440. The Kier molecular flexibility index (Phi) is 9.39. The number of nitrogens with zero attached hydrogens (tertiary/aromatic N) is 1. The molecule has 162 valence electrons. The topological polar surface area (TPSA) is 58.6 Å². The maximum atomic E-state index is 12.9. The fourth-order valence-corrected chi connectivity index (χ4v) is 3.17. The van der Waals surface area contributed by atoms with Gasteiger partial charge in [-0.2, -0.15) is 0 Å². The monoisotopic (exact) mass is 410 g/mol. The van der Waals surface area contributed by atoms with Crippen LogP contribution in [0.1, 0.15) is 44.7 Å². The van der Waals surface area contributed by atoms with Crippen molar-refractivity contribution in [1.82, 2.24) is 10.2 Å². The summed E-state index contributed by atoms with van der Waals surface area (Å²) in [7, 11) is 0. The average Bonchev–Trinajstić information content (AvgIpc) is 2.72. The van der Waals surface area contributed by atoms with E-state index in [0.717, 1.165) is 11.3 Å². The van der Waals surface area contributed by atoms with E-state index in [2.05, 4.69) is 5.32 Å². The minimum absolute atomic E-state index is 0.0233. The molecule has 0 aliphatic rings. The Balaban J connectivity index is 1.92. The first kappa shape index (κ1) is 23.5. The lowest BCUT2D eigenvalue weighted by Crippen LogP contribution is -2.50. The van der Waals surface area contributed by atoms with Gasteiger partial charge in [0, 0.05) is 19.0 Å². The van der Waals surface area contributed by atoms with Crippen molar-refractivity contribution in [3.8, 4) is 5.75 Å². The summed E-state index contributed by atoms with van der Waals surface area (Å²) in [6.45, 7) is 8.64. The van der Waals surface area contributed by atoms with Crippen molar-refractivity contribution in [2.75, 3.05) is 13.2 Å². The van der Waals surface area contributed by atoms with Crippen molar-refractivity contribution >= 4 is 11.8 Å². The summed E-state index contributed by atoms with van der Waals surface area (Å²) < 4.78 is 5.73. The van der Waals surface area contributed by atoms with Crippen molar-refractivity contribution in [2.24, 2.45) is 0 Å². The molecule has 5 nitrogen and oxygen atoms in total. The van der Waals surface area contributed by atoms with Crippen LogP contribution in [0.3, 0.4) is 0 Å². The molecule has 0 aliphatic heterocycles. The highest BCUT2D eigenvalue weighted by Crippen LogP contribution is 2.13. The van der Waals surface area contributed by atoms with Gasteiger partial charge in [0.05, 0.1) is 6.61 Å². The number of rotatable bonds is 11. The van der Waals surface area contributed by atoms with Gasteiger partial charge in [0.1, 0.15) is 11.8 Å². The van der Waals surface area contributed by atoms with E-state index in [1.54, 1.807) is 11.8 Å². The standard InChI is InChI=1S/C25H34N2O3/c1-19(2)26-25(29)21(4)27(17-16-22-9-6-5-7-10-22)24(28)11-8-18-30-23-14-12-20(3)13-15-23/h5-7,9-10,12-15,19,21H,8,11,16-18H2,1-4H3,(H,26,29)/t21-/m1/s1. The molecule has 2 amide bonds. The Morgan fingerprint density at radius 2 is 1.67 bits per heavy atom. The van der Waals surface area contributed by atoms with E-state index in [-0.39, 0.29) is 17.9 Å². The molecule has 0 fully saturated rings. The second kappa shape index (κ2) is 12.0. The minimum atomic E-state index is -0.512. The van der Waals surface area contributed by atoms with Crippen molar-refractivity contribution in [1.29, 1.82) is 0 Å². The lowest BCUT2D eigenvalue weighted by Gasteiger charge is -2.29. The molecular weight excluding hydrogens is 376 g/mol. The molecule has 2 aromatic carbocycles. The Morgan fingerprint density at radius 1 is 1.00 bits per heavy atom. The first-order valence-electron chi connectivity index (χ1n) is 10.7. The number of nitrogens with one attached hydrogen (secondary N) is 1. The van der Waals surface area contributed by atoms with Crippen LogP contribution in [-0.2, 0) is 16.0 Å². The van der Waals surface area contributed by atoms with Gasteiger partial charge in [-0.05, 0) is 58.2 Å². The van der Waals surface area contributed by atoms with Crippen LogP contribution in [0.4, 0.5) is 0 Å². The second-order valence-electron chi connectivity index (χ2n) is 7.93. The summed E-state index contributed by atoms with van der Waals surface area (Å²) in [5, 5.41) is 2.91. The van der Waals surface area contributed by atoms with E-state index in [0.29, 0.717) is 32.4 Å². The third-order valence-corrected chi connectivity index (χ3v) is 4.91. The summed E-state index contributed by atoms with van der Waals surface area (Å²) in [5.41, 5.74) is 2.33. The second-order valence-corrected chi connectivity index (χ2v) is 7.93. The van der Waals surface area contributed by atoms with Crippen LogP contribution in [0.2, 0.25) is 0 Å². The van der Waals surface area contributed by atoms with E-state index >= 15 is 0 Å². The van der Waals surface area contributed by atoms with Crippen LogP contribution >= 0.6 is 0 Å². The predicted octanol–water partition coefficient (Wildman–Crippen LogP) is 4.14. The number of amides is 2. The lowest BCUT2D eigenvalue weighted by atomic mass is 10.1. The smallest absolute Gasteiger partial charge is 0.242 e. The largest absolute Gasteiger partial charge is 0.494 e. The van der Waals surface area contributed by atoms with E-state index in [1.807, 2.05) is 75.4 Å². The molecule has 2 rings (SSSR count). The van der Waals surface area contributed by atoms with E-state index in [4.69, 9.17) is 4.74 Å². The normalized spacial score (nSPS) is 11.8. The number of benzene rings is 2. The van der Waals surface area contributed by atoms with Crippen LogP contribution in [0, 0.1) is 6.92 Å². The van der Waals surface area contributed by atoms with Crippen LogP contribution in [0.5, 0.6) is 5.75 Å². The summed E-state index contributed by atoms with van der Waals surface area (Å²) in [6.07, 6.45) is 1.67. The summed E-state index contributed by atoms with van der Waals surface area (Å²) >= 11 is 0. The zero-order valence-corrected chi connectivity index (χ0v) is 18.6. The van der Waals surface area contributed by atoms with Gasteiger partial charge in [0.2, 0.25) is 11.8 Å². The molecule has 0 saturated heterocycles. The first-order valence-corrected chi connectivity index (χ1v) is 10.7. The third kappa shape index (κ3) is 7.90. The van der Waals surface area contributed by atoms with Gasteiger partial charge >= 0.3 is 0 Å². The summed E-state index contributed by atoms with van der Waals surface area (Å²) in [6, 6.07) is 17.4. The Morgan fingerprint density at radius 3 is 2.30 bits per heavy atom. The lowest BCUT2D eigenvalue weighted by molar-refractivity contribution is -0.140. The Hall–Kier alpha value is -2.82. The molecule has 1 atom stereocenters. The summed E-state index contributed by atoms with van der Waals surface area (Å²) in [4.78, 5) is 27.2. The maximum absolute atomic E-state index is 12.9. The minimum Gasteiger partial charge on any atom is -0.494 e. The Bertz CT molecular complexity index is 788. The van der Waals surface area contributed by atoms with Gasteiger partial charge in [-0.1, -0.05) is 48.0 Å².